The molecule has 2 N–H and O–H groups in total. The standard InChI is InChI=1S/C12H14N2O4/c13-7-5-9(14(6-7)8-1-2-8)11(15)18-10-3-4-17-12(10)16/h5-6,8,10H,1-4,13H2. The van der Waals surface area contributed by atoms with E-state index in [-0.39, 0.29) is 0 Å². The van der Waals surface area contributed by atoms with Gasteiger partial charge in [0.1, 0.15) is 5.69 Å². The Kier molecular flexibility index (Phi) is 2.50. The van der Waals surface area contributed by atoms with E-state index in [9.17, 15) is 9.59 Å². The third-order valence-corrected chi connectivity index (χ3v) is 3.16. The van der Waals surface area contributed by atoms with Crippen molar-refractivity contribution in [2.75, 3.05) is 12.3 Å². The number of nitrogens with two attached hydrogens (primary N) is 1. The van der Waals surface area contributed by atoms with Gasteiger partial charge in [-0.15, -0.1) is 0 Å². The molecule has 1 aromatic heterocycles. The highest BCUT2D eigenvalue weighted by Crippen LogP contribution is 2.37. The summed E-state index contributed by atoms with van der Waals surface area (Å²) in [6, 6.07) is 1.92. The zero-order valence-corrected chi connectivity index (χ0v) is 9.80. The molecule has 1 saturated carbocycles. The average molecular weight is 250 g/mol. The topological polar surface area (TPSA) is 83.6 Å². The molecule has 2 fully saturated rings. The molecule has 1 aromatic rings. The van der Waals surface area contributed by atoms with Crippen LogP contribution in [0.1, 0.15) is 35.8 Å². The molecule has 0 bridgehead atoms. The Bertz CT molecular complexity index is 504. The minimum Gasteiger partial charge on any atom is -0.463 e. The fourth-order valence-corrected chi connectivity index (χ4v) is 2.09. The Labute approximate surface area is 104 Å². The van der Waals surface area contributed by atoms with E-state index in [0.29, 0.717) is 30.5 Å². The third kappa shape index (κ3) is 1.94. The van der Waals surface area contributed by atoms with Crippen molar-refractivity contribution in [3.8, 4) is 0 Å². The van der Waals surface area contributed by atoms with Crippen LogP contribution in [-0.2, 0) is 14.3 Å². The van der Waals surface area contributed by atoms with Gasteiger partial charge in [-0.2, -0.15) is 0 Å². The summed E-state index contributed by atoms with van der Waals surface area (Å²) in [5, 5.41) is 0. The predicted octanol–water partition coefficient (Wildman–Crippen LogP) is 0.877. The first-order chi connectivity index (χ1) is 8.65. The number of hydrogen-bond acceptors (Lipinski definition) is 5. The van der Waals surface area contributed by atoms with Gasteiger partial charge in [-0.05, 0) is 18.9 Å². The molecule has 3 rings (SSSR count). The predicted molar refractivity (Wildman–Crippen MR) is 61.9 cm³/mol. The minimum atomic E-state index is -0.777. The maximum atomic E-state index is 12.0. The van der Waals surface area contributed by atoms with Crippen molar-refractivity contribution in [2.45, 2.75) is 31.4 Å². The highest BCUT2D eigenvalue weighted by Gasteiger charge is 2.33. The van der Waals surface area contributed by atoms with Crippen LogP contribution in [0.2, 0.25) is 0 Å². The lowest BCUT2D eigenvalue weighted by Gasteiger charge is -2.10. The van der Waals surface area contributed by atoms with E-state index in [2.05, 4.69) is 0 Å². The van der Waals surface area contributed by atoms with E-state index in [1.807, 2.05) is 4.57 Å². The van der Waals surface area contributed by atoms with E-state index in [1.54, 1.807) is 12.3 Å². The summed E-state index contributed by atoms with van der Waals surface area (Å²) in [5.41, 5.74) is 6.64. The van der Waals surface area contributed by atoms with Gasteiger partial charge in [0, 0.05) is 18.7 Å². The molecule has 0 spiro atoms. The van der Waals surface area contributed by atoms with Gasteiger partial charge in [-0.1, -0.05) is 0 Å². The van der Waals surface area contributed by atoms with Gasteiger partial charge in [-0.25, -0.2) is 9.59 Å². The van der Waals surface area contributed by atoms with Gasteiger partial charge in [-0.3, -0.25) is 0 Å². The Morgan fingerprint density at radius 2 is 2.22 bits per heavy atom. The SMILES string of the molecule is Nc1cc(C(=O)OC2CCOC2=O)n(C2CC2)c1. The lowest BCUT2D eigenvalue weighted by Crippen LogP contribution is -2.24. The lowest BCUT2D eigenvalue weighted by atomic mass is 10.3. The summed E-state index contributed by atoms with van der Waals surface area (Å²) >= 11 is 0. The maximum Gasteiger partial charge on any atom is 0.355 e. The van der Waals surface area contributed by atoms with Crippen LogP contribution < -0.4 is 5.73 Å². The fourth-order valence-electron chi connectivity index (χ4n) is 2.09. The molecular formula is C12H14N2O4. The molecule has 0 aromatic carbocycles. The summed E-state index contributed by atoms with van der Waals surface area (Å²) in [6.07, 6.45) is 3.46. The molecule has 2 heterocycles. The molecule has 0 amide bonds. The van der Waals surface area contributed by atoms with E-state index in [0.717, 1.165) is 12.8 Å². The van der Waals surface area contributed by atoms with Crippen molar-refractivity contribution in [1.82, 2.24) is 4.57 Å². The molecule has 1 aliphatic carbocycles. The van der Waals surface area contributed by atoms with E-state index >= 15 is 0 Å². The molecule has 6 nitrogen and oxygen atoms in total. The zero-order chi connectivity index (χ0) is 12.7. The van der Waals surface area contributed by atoms with Crippen LogP contribution in [0.25, 0.3) is 0 Å². The number of aromatic nitrogens is 1. The Balaban J connectivity index is 1.77. The van der Waals surface area contributed by atoms with Gasteiger partial charge in [0.15, 0.2) is 0 Å². The fraction of sp³-hybridized carbons (Fsp3) is 0.500. The lowest BCUT2D eigenvalue weighted by molar-refractivity contribution is -0.145. The number of cyclic esters (lactones) is 1. The van der Waals surface area contributed by atoms with Crippen LogP contribution in [0, 0.1) is 0 Å². The second-order valence-corrected chi connectivity index (χ2v) is 4.65. The third-order valence-electron chi connectivity index (χ3n) is 3.16. The Morgan fingerprint density at radius 3 is 2.83 bits per heavy atom. The zero-order valence-electron chi connectivity index (χ0n) is 9.80. The van der Waals surface area contributed by atoms with Crippen LogP contribution >= 0.6 is 0 Å². The molecule has 1 saturated heterocycles. The van der Waals surface area contributed by atoms with Crippen LogP contribution in [0.4, 0.5) is 5.69 Å². The molecule has 1 aliphatic heterocycles. The molecule has 18 heavy (non-hydrogen) atoms. The number of rotatable bonds is 3. The van der Waals surface area contributed by atoms with E-state index in [4.69, 9.17) is 15.2 Å². The van der Waals surface area contributed by atoms with E-state index < -0.39 is 18.0 Å². The van der Waals surface area contributed by atoms with Crippen molar-refractivity contribution in [1.29, 1.82) is 0 Å². The van der Waals surface area contributed by atoms with Crippen molar-refractivity contribution in [2.24, 2.45) is 0 Å². The highest BCUT2D eigenvalue weighted by atomic mass is 16.6. The Morgan fingerprint density at radius 1 is 1.44 bits per heavy atom. The summed E-state index contributed by atoms with van der Waals surface area (Å²) < 4.78 is 11.7. The number of anilines is 1. The number of carbonyl (C=O) groups is 2. The molecule has 0 radical (unpaired) electrons. The molecule has 96 valence electrons. The van der Waals surface area contributed by atoms with Crippen molar-refractivity contribution < 1.29 is 19.1 Å². The first-order valence-electron chi connectivity index (χ1n) is 6.00. The number of ether oxygens (including phenoxy) is 2. The molecule has 1 unspecified atom stereocenters. The molecule has 2 aliphatic rings. The van der Waals surface area contributed by atoms with Gasteiger partial charge < -0.3 is 19.8 Å². The number of carbonyl (C=O) groups excluding carboxylic acids is 2. The number of nitrogens with zero attached hydrogens (tertiary/aromatic N) is 1. The van der Waals surface area contributed by atoms with Gasteiger partial charge in [0.05, 0.1) is 12.3 Å². The minimum absolute atomic E-state index is 0.308. The molecule has 6 heteroatoms. The molecular weight excluding hydrogens is 236 g/mol. The monoisotopic (exact) mass is 250 g/mol. The smallest absolute Gasteiger partial charge is 0.355 e. The number of esters is 2. The Hall–Kier alpha value is -1.98. The summed E-state index contributed by atoms with van der Waals surface area (Å²) in [4.78, 5) is 23.3. The van der Waals surface area contributed by atoms with Gasteiger partial charge >= 0.3 is 11.9 Å². The highest BCUT2D eigenvalue weighted by molar-refractivity contribution is 5.91. The van der Waals surface area contributed by atoms with Gasteiger partial charge in [0.2, 0.25) is 6.10 Å². The van der Waals surface area contributed by atoms with Crippen LogP contribution in [0.15, 0.2) is 12.3 Å². The van der Waals surface area contributed by atoms with Crippen molar-refractivity contribution >= 4 is 17.6 Å². The average Bonchev–Trinajstić information content (AvgIpc) is 3.00. The first kappa shape index (κ1) is 11.1. The van der Waals surface area contributed by atoms with Crippen LogP contribution in [0.5, 0.6) is 0 Å². The van der Waals surface area contributed by atoms with Crippen LogP contribution in [-0.4, -0.2) is 29.2 Å². The summed E-state index contributed by atoms with van der Waals surface area (Å²) in [5.74, 6) is -0.983. The second kappa shape index (κ2) is 4.04. The largest absolute Gasteiger partial charge is 0.463 e. The van der Waals surface area contributed by atoms with Crippen LogP contribution in [0.3, 0.4) is 0 Å². The van der Waals surface area contributed by atoms with Crippen molar-refractivity contribution in [3.63, 3.8) is 0 Å². The molecule has 1 atom stereocenters. The maximum absolute atomic E-state index is 12.0. The number of nitrogen functional groups attached to an aromatic ring is 1. The first-order valence-corrected chi connectivity index (χ1v) is 6.00. The quantitative estimate of drug-likeness (QED) is 0.805. The second-order valence-electron chi connectivity index (χ2n) is 4.65. The summed E-state index contributed by atoms with van der Waals surface area (Å²) in [7, 11) is 0. The normalized spacial score (nSPS) is 22.9. The van der Waals surface area contributed by atoms with Gasteiger partial charge in [0.25, 0.3) is 0 Å². The van der Waals surface area contributed by atoms with E-state index in [1.165, 1.54) is 0 Å². The van der Waals surface area contributed by atoms with Crippen molar-refractivity contribution in [3.05, 3.63) is 18.0 Å². The summed E-state index contributed by atoms with van der Waals surface area (Å²) in [6.45, 7) is 0.308. The number of hydrogen-bond donors (Lipinski definition) is 1.